The van der Waals surface area contributed by atoms with Crippen molar-refractivity contribution in [2.24, 2.45) is 0 Å². The molecule has 84 valence electrons. The lowest BCUT2D eigenvalue weighted by molar-refractivity contribution is 0.690. The molecule has 0 aliphatic heterocycles. The highest BCUT2D eigenvalue weighted by Crippen LogP contribution is 2.18. The van der Waals surface area contributed by atoms with E-state index in [4.69, 9.17) is 0 Å². The maximum Gasteiger partial charge on any atom is 0.0656 e. The molecule has 1 aromatic carbocycles. The molecular weight excluding hydrogens is 329 g/mol. The number of rotatable bonds is 5. The van der Waals surface area contributed by atoms with E-state index in [0.29, 0.717) is 0 Å². The van der Waals surface area contributed by atoms with E-state index in [1.165, 1.54) is 13.3 Å². The van der Waals surface area contributed by atoms with Crippen LogP contribution in [0.3, 0.4) is 0 Å². The number of thiophene rings is 1. The molecule has 0 aliphatic rings. The second-order valence-corrected chi connectivity index (χ2v) is 6.68. The average Bonchev–Trinajstić information content (AvgIpc) is 2.72. The van der Waals surface area contributed by atoms with Crippen molar-refractivity contribution in [3.63, 3.8) is 0 Å². The second-order valence-electron chi connectivity index (χ2n) is 3.62. The van der Waals surface area contributed by atoms with Crippen molar-refractivity contribution >= 4 is 33.9 Å². The zero-order valence-corrected chi connectivity index (χ0v) is 11.9. The van der Waals surface area contributed by atoms with Crippen LogP contribution in [0, 0.1) is 2.88 Å². The molecule has 2 aromatic rings. The molecule has 0 radical (unpaired) electrons. The Morgan fingerprint density at radius 3 is 2.56 bits per heavy atom. The molecule has 1 heterocycles. The van der Waals surface area contributed by atoms with Gasteiger partial charge in [0.2, 0.25) is 0 Å². The fourth-order valence-corrected chi connectivity index (χ4v) is 3.28. The molecule has 0 bridgehead atoms. The van der Waals surface area contributed by atoms with Crippen molar-refractivity contribution in [1.29, 1.82) is 0 Å². The van der Waals surface area contributed by atoms with E-state index in [1.807, 2.05) is 11.3 Å². The van der Waals surface area contributed by atoms with E-state index in [2.05, 4.69) is 70.4 Å². The van der Waals surface area contributed by atoms with E-state index in [1.54, 1.807) is 0 Å². The fraction of sp³-hybridized carbons (Fsp3) is 0.231. The number of hydrogen-bond acceptors (Lipinski definition) is 2. The van der Waals surface area contributed by atoms with Crippen LogP contribution in [0.1, 0.15) is 10.4 Å². The normalized spacial score (nSPS) is 10.6. The molecule has 0 aliphatic carbocycles. The third-order valence-electron chi connectivity index (χ3n) is 2.35. The van der Waals surface area contributed by atoms with Crippen LogP contribution in [0.5, 0.6) is 0 Å². The second kappa shape index (κ2) is 6.37. The molecule has 0 fully saturated rings. The summed E-state index contributed by atoms with van der Waals surface area (Å²) in [6.45, 7) is 2.01. The van der Waals surface area contributed by atoms with E-state index in [0.717, 1.165) is 19.5 Å². The number of hydrogen-bond donors (Lipinski definition) is 1. The van der Waals surface area contributed by atoms with Crippen LogP contribution in [0.25, 0.3) is 0 Å². The first-order valence-corrected chi connectivity index (χ1v) is 7.23. The summed E-state index contributed by atoms with van der Waals surface area (Å²) in [6, 6.07) is 14.9. The predicted molar refractivity (Wildman–Crippen MR) is 78.9 cm³/mol. The molecule has 0 unspecified atom stereocenters. The summed E-state index contributed by atoms with van der Waals surface area (Å²) in [5.41, 5.74) is 1.35. The monoisotopic (exact) mass is 343 g/mol. The van der Waals surface area contributed by atoms with E-state index in [-0.39, 0.29) is 0 Å². The highest BCUT2D eigenvalue weighted by molar-refractivity contribution is 14.1. The van der Waals surface area contributed by atoms with Crippen LogP contribution in [0.15, 0.2) is 42.5 Å². The zero-order valence-electron chi connectivity index (χ0n) is 8.95. The molecule has 0 saturated carbocycles. The van der Waals surface area contributed by atoms with Crippen LogP contribution in [-0.2, 0) is 13.0 Å². The van der Waals surface area contributed by atoms with Crippen LogP contribution in [0.4, 0.5) is 0 Å². The van der Waals surface area contributed by atoms with Gasteiger partial charge in [0.25, 0.3) is 0 Å². The van der Waals surface area contributed by atoms with Gasteiger partial charge < -0.3 is 5.32 Å². The van der Waals surface area contributed by atoms with Crippen molar-refractivity contribution in [3.8, 4) is 0 Å². The Kier molecular flexibility index (Phi) is 4.81. The van der Waals surface area contributed by atoms with Crippen LogP contribution >= 0.6 is 33.9 Å². The Hall–Kier alpha value is -0.390. The molecular formula is C13H14INS. The summed E-state index contributed by atoms with van der Waals surface area (Å²) >= 11 is 4.25. The van der Waals surface area contributed by atoms with Crippen LogP contribution < -0.4 is 5.32 Å². The summed E-state index contributed by atoms with van der Waals surface area (Å²) in [4.78, 5) is 1.46. The Morgan fingerprint density at radius 2 is 1.88 bits per heavy atom. The van der Waals surface area contributed by atoms with Crippen molar-refractivity contribution < 1.29 is 0 Å². The molecule has 0 spiro atoms. The minimum absolute atomic E-state index is 0.962. The van der Waals surface area contributed by atoms with Gasteiger partial charge in [0.15, 0.2) is 0 Å². The number of halogens is 1. The molecule has 0 amide bonds. The van der Waals surface area contributed by atoms with Crippen molar-refractivity contribution in [2.75, 3.05) is 6.54 Å². The maximum atomic E-state index is 3.46. The summed E-state index contributed by atoms with van der Waals surface area (Å²) in [7, 11) is 0. The average molecular weight is 343 g/mol. The summed E-state index contributed by atoms with van der Waals surface area (Å²) in [5.74, 6) is 0. The van der Waals surface area contributed by atoms with Gasteiger partial charge in [-0.1, -0.05) is 30.3 Å². The van der Waals surface area contributed by atoms with Gasteiger partial charge in [0.1, 0.15) is 0 Å². The van der Waals surface area contributed by atoms with Gasteiger partial charge in [-0.2, -0.15) is 0 Å². The lowest BCUT2D eigenvalue weighted by Crippen LogP contribution is -2.16. The van der Waals surface area contributed by atoms with Gasteiger partial charge in [0.05, 0.1) is 2.88 Å². The first kappa shape index (κ1) is 12.1. The van der Waals surface area contributed by atoms with Crippen LogP contribution in [0.2, 0.25) is 0 Å². The number of nitrogens with one attached hydrogen (secondary N) is 1. The Balaban J connectivity index is 1.69. The van der Waals surface area contributed by atoms with E-state index in [9.17, 15) is 0 Å². The summed E-state index contributed by atoms with van der Waals surface area (Å²) in [5, 5.41) is 3.46. The minimum Gasteiger partial charge on any atom is -0.312 e. The van der Waals surface area contributed by atoms with Crippen LogP contribution in [-0.4, -0.2) is 6.54 Å². The molecule has 1 nitrogen and oxygen atoms in total. The SMILES string of the molecule is Ic1ccc(CCNCc2ccccc2)s1. The van der Waals surface area contributed by atoms with E-state index >= 15 is 0 Å². The Morgan fingerprint density at radius 1 is 1.06 bits per heavy atom. The molecule has 3 heteroatoms. The molecule has 0 atom stereocenters. The lowest BCUT2D eigenvalue weighted by atomic mass is 10.2. The van der Waals surface area contributed by atoms with Gasteiger partial charge in [-0.25, -0.2) is 0 Å². The Bertz CT molecular complexity index is 425. The molecule has 2 rings (SSSR count). The third-order valence-corrected chi connectivity index (χ3v) is 4.30. The van der Waals surface area contributed by atoms with Gasteiger partial charge in [-0.15, -0.1) is 11.3 Å². The predicted octanol–water partition coefficient (Wildman–Crippen LogP) is 3.69. The third kappa shape index (κ3) is 3.88. The minimum atomic E-state index is 0.962. The maximum absolute atomic E-state index is 3.46. The molecule has 1 aromatic heterocycles. The summed E-state index contributed by atoms with van der Waals surface area (Å²) < 4.78 is 1.37. The molecule has 0 saturated heterocycles. The summed E-state index contributed by atoms with van der Waals surface area (Å²) in [6.07, 6.45) is 1.13. The van der Waals surface area contributed by atoms with E-state index < -0.39 is 0 Å². The first-order valence-electron chi connectivity index (χ1n) is 5.33. The Labute approximate surface area is 114 Å². The van der Waals surface area contributed by atoms with Crippen molar-refractivity contribution in [3.05, 3.63) is 55.8 Å². The molecule has 16 heavy (non-hydrogen) atoms. The van der Waals surface area contributed by atoms with Gasteiger partial charge in [-0.05, 0) is 46.7 Å². The van der Waals surface area contributed by atoms with Gasteiger partial charge >= 0.3 is 0 Å². The topological polar surface area (TPSA) is 12.0 Å². The lowest BCUT2D eigenvalue weighted by Gasteiger charge is -2.03. The van der Waals surface area contributed by atoms with Crippen molar-refractivity contribution in [2.45, 2.75) is 13.0 Å². The molecule has 1 N–H and O–H groups in total. The van der Waals surface area contributed by atoms with Gasteiger partial charge in [-0.3, -0.25) is 0 Å². The number of benzene rings is 1. The largest absolute Gasteiger partial charge is 0.312 e. The first-order chi connectivity index (χ1) is 7.84. The zero-order chi connectivity index (χ0) is 11.2. The standard InChI is InChI=1S/C13H14INS/c14-13-7-6-12(16-13)8-9-15-10-11-4-2-1-3-5-11/h1-7,15H,8-10H2. The highest BCUT2D eigenvalue weighted by atomic mass is 127. The fourth-order valence-electron chi connectivity index (χ4n) is 1.53. The highest BCUT2D eigenvalue weighted by Gasteiger charge is 1.97. The smallest absolute Gasteiger partial charge is 0.0656 e. The quantitative estimate of drug-likeness (QED) is 0.645. The van der Waals surface area contributed by atoms with Gasteiger partial charge in [0, 0.05) is 18.0 Å². The van der Waals surface area contributed by atoms with Crippen molar-refractivity contribution in [1.82, 2.24) is 5.32 Å².